The second-order valence-electron chi connectivity index (χ2n) is 8.62. The van der Waals surface area contributed by atoms with Gasteiger partial charge in [-0.15, -0.1) is 10.2 Å². The number of hydrogen-bond acceptors (Lipinski definition) is 6. The SMILES string of the molecule is CCc1nnc(NC(=O)Cn2c3c(c4ccccc42)CCN2C(=O)c4ccccc4N(C)C32)s1. The van der Waals surface area contributed by atoms with E-state index >= 15 is 0 Å². The summed E-state index contributed by atoms with van der Waals surface area (Å²) in [5.41, 5.74) is 4.82. The van der Waals surface area contributed by atoms with E-state index in [1.807, 2.05) is 61.3 Å². The Labute approximate surface area is 200 Å². The summed E-state index contributed by atoms with van der Waals surface area (Å²) in [4.78, 5) is 30.6. The van der Waals surface area contributed by atoms with Gasteiger partial charge in [0.25, 0.3) is 5.91 Å². The van der Waals surface area contributed by atoms with Gasteiger partial charge < -0.3 is 14.4 Å². The molecule has 1 atom stereocenters. The third-order valence-corrected chi connectivity index (χ3v) is 7.70. The summed E-state index contributed by atoms with van der Waals surface area (Å²) in [6.45, 7) is 2.78. The molecule has 2 amide bonds. The fourth-order valence-electron chi connectivity index (χ4n) is 5.23. The summed E-state index contributed by atoms with van der Waals surface area (Å²) in [6.07, 6.45) is 1.25. The molecule has 2 aliphatic rings. The highest BCUT2D eigenvalue weighted by atomic mass is 32.1. The zero-order valence-electron chi connectivity index (χ0n) is 19.0. The topological polar surface area (TPSA) is 83.4 Å². The predicted octanol–water partition coefficient (Wildman–Crippen LogP) is 3.84. The van der Waals surface area contributed by atoms with Gasteiger partial charge in [-0.1, -0.05) is 48.6 Å². The molecule has 0 fully saturated rings. The summed E-state index contributed by atoms with van der Waals surface area (Å²) in [5.74, 6) is -0.128. The molecule has 9 heteroatoms. The minimum Gasteiger partial charge on any atom is -0.349 e. The van der Waals surface area contributed by atoms with Crippen molar-refractivity contribution in [3.8, 4) is 0 Å². The highest BCUT2D eigenvalue weighted by molar-refractivity contribution is 7.15. The molecule has 172 valence electrons. The smallest absolute Gasteiger partial charge is 0.257 e. The molecule has 0 saturated carbocycles. The molecule has 4 heterocycles. The quantitative estimate of drug-likeness (QED) is 0.488. The molecule has 34 heavy (non-hydrogen) atoms. The minimum absolute atomic E-state index is 0.0339. The standard InChI is InChI=1S/C25H24N6O2S/c1-3-21-27-28-25(34-21)26-20(32)14-31-19-11-7-4-8-15(19)16-12-13-30-23(22(16)31)29(2)18-10-6-5-9-17(18)24(30)33/h4-11,23H,3,12-14H2,1-2H3,(H,26,28,32). The lowest BCUT2D eigenvalue weighted by Crippen LogP contribution is -2.51. The number of nitrogens with one attached hydrogen (secondary N) is 1. The van der Waals surface area contributed by atoms with Gasteiger partial charge in [-0.3, -0.25) is 14.9 Å². The second kappa shape index (κ2) is 7.95. The van der Waals surface area contributed by atoms with E-state index in [1.165, 1.54) is 16.9 Å². The molecular formula is C25H24N6O2S. The minimum atomic E-state index is -0.278. The lowest BCUT2D eigenvalue weighted by atomic mass is 9.96. The van der Waals surface area contributed by atoms with E-state index in [1.54, 1.807) is 0 Å². The number of hydrogen-bond donors (Lipinski definition) is 1. The molecule has 2 aromatic heterocycles. The fourth-order valence-corrected chi connectivity index (χ4v) is 5.92. The number of carbonyl (C=O) groups excluding carboxylic acids is 2. The molecular weight excluding hydrogens is 448 g/mol. The first-order valence-corrected chi connectivity index (χ1v) is 12.2. The van der Waals surface area contributed by atoms with Gasteiger partial charge in [0.1, 0.15) is 17.7 Å². The van der Waals surface area contributed by atoms with E-state index < -0.39 is 0 Å². The third-order valence-electron chi connectivity index (χ3n) is 6.72. The molecule has 0 spiro atoms. The van der Waals surface area contributed by atoms with E-state index in [0.29, 0.717) is 17.2 Å². The first-order valence-electron chi connectivity index (χ1n) is 11.4. The monoisotopic (exact) mass is 472 g/mol. The zero-order chi connectivity index (χ0) is 23.4. The van der Waals surface area contributed by atoms with Gasteiger partial charge in [-0.25, -0.2) is 0 Å². The number of para-hydroxylation sites is 2. The number of benzene rings is 2. The lowest BCUT2D eigenvalue weighted by Gasteiger charge is -2.46. The number of aryl methyl sites for hydroxylation is 1. The van der Waals surface area contributed by atoms with Crippen LogP contribution in [0.5, 0.6) is 0 Å². The number of anilines is 2. The summed E-state index contributed by atoms with van der Waals surface area (Å²) in [7, 11) is 2.02. The molecule has 1 unspecified atom stereocenters. The fraction of sp³-hybridized carbons (Fsp3) is 0.280. The molecule has 0 bridgehead atoms. The van der Waals surface area contributed by atoms with Crippen LogP contribution < -0.4 is 10.2 Å². The average Bonchev–Trinajstić information content (AvgIpc) is 3.44. The largest absolute Gasteiger partial charge is 0.349 e. The van der Waals surface area contributed by atoms with Gasteiger partial charge in [0, 0.05) is 24.5 Å². The van der Waals surface area contributed by atoms with Crippen LogP contribution in [-0.4, -0.2) is 45.1 Å². The van der Waals surface area contributed by atoms with Crippen LogP contribution in [0.1, 0.15) is 39.7 Å². The van der Waals surface area contributed by atoms with Gasteiger partial charge in [-0.2, -0.15) is 0 Å². The summed E-state index contributed by atoms with van der Waals surface area (Å²) < 4.78 is 2.07. The van der Waals surface area contributed by atoms with Gasteiger partial charge in [-0.05, 0) is 36.6 Å². The van der Waals surface area contributed by atoms with Crippen molar-refractivity contribution in [1.82, 2.24) is 19.7 Å². The van der Waals surface area contributed by atoms with Crippen LogP contribution in [0.4, 0.5) is 10.8 Å². The van der Waals surface area contributed by atoms with Crippen molar-refractivity contribution in [1.29, 1.82) is 0 Å². The first-order chi connectivity index (χ1) is 16.6. The highest BCUT2D eigenvalue weighted by Crippen LogP contribution is 2.44. The molecule has 0 aliphatic carbocycles. The first kappa shape index (κ1) is 20.9. The lowest BCUT2D eigenvalue weighted by molar-refractivity contribution is -0.116. The van der Waals surface area contributed by atoms with Crippen molar-refractivity contribution in [2.75, 3.05) is 23.8 Å². The summed E-state index contributed by atoms with van der Waals surface area (Å²) in [5, 5.41) is 13.6. The molecule has 0 radical (unpaired) electrons. The van der Waals surface area contributed by atoms with Crippen molar-refractivity contribution < 1.29 is 9.59 Å². The number of amides is 2. The second-order valence-corrected chi connectivity index (χ2v) is 9.68. The van der Waals surface area contributed by atoms with Crippen molar-refractivity contribution in [3.05, 3.63) is 70.4 Å². The van der Waals surface area contributed by atoms with Gasteiger partial charge in [0.2, 0.25) is 11.0 Å². The van der Waals surface area contributed by atoms with E-state index in [0.717, 1.165) is 40.1 Å². The molecule has 2 aliphatic heterocycles. The number of aromatic nitrogens is 3. The zero-order valence-corrected chi connectivity index (χ0v) is 19.8. The molecule has 6 rings (SSSR count). The molecule has 2 aromatic carbocycles. The number of fused-ring (bicyclic) bond motifs is 6. The van der Waals surface area contributed by atoms with Gasteiger partial charge in [0.05, 0.1) is 16.9 Å². The Morgan fingerprint density at radius 1 is 1.15 bits per heavy atom. The van der Waals surface area contributed by atoms with Crippen LogP contribution in [0, 0.1) is 0 Å². The van der Waals surface area contributed by atoms with Gasteiger partial charge in [0.15, 0.2) is 0 Å². The van der Waals surface area contributed by atoms with Crippen LogP contribution >= 0.6 is 11.3 Å². The number of nitrogens with zero attached hydrogens (tertiary/aromatic N) is 5. The van der Waals surface area contributed by atoms with E-state index in [-0.39, 0.29) is 24.5 Å². The van der Waals surface area contributed by atoms with Crippen molar-refractivity contribution >= 4 is 44.9 Å². The normalized spacial score (nSPS) is 16.9. The number of carbonyl (C=O) groups is 2. The van der Waals surface area contributed by atoms with Crippen LogP contribution in [-0.2, 0) is 24.2 Å². The van der Waals surface area contributed by atoms with Crippen LogP contribution in [0.2, 0.25) is 0 Å². The van der Waals surface area contributed by atoms with E-state index in [4.69, 9.17) is 0 Å². The predicted molar refractivity (Wildman–Crippen MR) is 132 cm³/mol. The van der Waals surface area contributed by atoms with Crippen molar-refractivity contribution in [2.45, 2.75) is 32.5 Å². The molecule has 8 nitrogen and oxygen atoms in total. The Balaban J connectivity index is 1.45. The highest BCUT2D eigenvalue weighted by Gasteiger charge is 2.42. The van der Waals surface area contributed by atoms with Crippen molar-refractivity contribution in [2.24, 2.45) is 0 Å². The van der Waals surface area contributed by atoms with Crippen LogP contribution in [0.15, 0.2) is 48.5 Å². The van der Waals surface area contributed by atoms with Gasteiger partial charge >= 0.3 is 0 Å². The van der Waals surface area contributed by atoms with E-state index in [2.05, 4.69) is 31.0 Å². The van der Waals surface area contributed by atoms with Crippen LogP contribution in [0.25, 0.3) is 10.9 Å². The Hall–Kier alpha value is -3.72. The third kappa shape index (κ3) is 3.11. The molecule has 4 aromatic rings. The van der Waals surface area contributed by atoms with E-state index in [9.17, 15) is 9.59 Å². The summed E-state index contributed by atoms with van der Waals surface area (Å²) in [6, 6.07) is 15.9. The van der Waals surface area contributed by atoms with Crippen molar-refractivity contribution in [3.63, 3.8) is 0 Å². The Morgan fingerprint density at radius 2 is 1.94 bits per heavy atom. The number of rotatable bonds is 4. The Bertz CT molecular complexity index is 1440. The maximum absolute atomic E-state index is 13.4. The maximum atomic E-state index is 13.4. The average molecular weight is 473 g/mol. The van der Waals surface area contributed by atoms with Crippen LogP contribution in [0.3, 0.4) is 0 Å². The Morgan fingerprint density at radius 3 is 2.76 bits per heavy atom. The molecule has 1 N–H and O–H groups in total. The Kier molecular flexibility index (Phi) is 4.88. The summed E-state index contributed by atoms with van der Waals surface area (Å²) >= 11 is 1.39. The maximum Gasteiger partial charge on any atom is 0.257 e. The molecule has 0 saturated heterocycles.